The van der Waals surface area contributed by atoms with Gasteiger partial charge >= 0.3 is 5.76 Å². The first-order valence-electron chi connectivity index (χ1n) is 6.07. The molecule has 1 saturated heterocycles. The van der Waals surface area contributed by atoms with Crippen LogP contribution in [0.1, 0.15) is 12.8 Å². The van der Waals surface area contributed by atoms with Gasteiger partial charge in [-0.2, -0.15) is 13.1 Å². The van der Waals surface area contributed by atoms with Crippen molar-refractivity contribution in [2.24, 2.45) is 10.9 Å². The van der Waals surface area contributed by atoms with Crippen LogP contribution in [0.25, 0.3) is 0 Å². The number of piperidine rings is 1. The molecule has 0 aromatic heterocycles. The molecule has 1 fully saturated rings. The lowest BCUT2D eigenvalue weighted by Gasteiger charge is -2.31. The van der Waals surface area contributed by atoms with Gasteiger partial charge in [0.15, 0.2) is 5.96 Å². The summed E-state index contributed by atoms with van der Waals surface area (Å²) < 4.78 is 48.2. The molecule has 6 nitrogen and oxygen atoms in total. The predicted octanol–water partition coefficient (Wildman–Crippen LogP) is 0.0456. The van der Waals surface area contributed by atoms with Gasteiger partial charge in [0.2, 0.25) is 0 Å². The van der Waals surface area contributed by atoms with Gasteiger partial charge in [0.05, 0.1) is 0 Å². The maximum atomic E-state index is 12.4. The highest BCUT2D eigenvalue weighted by Gasteiger charge is 2.34. The van der Waals surface area contributed by atoms with Crippen LogP contribution >= 0.6 is 0 Å². The third kappa shape index (κ3) is 4.27. The van der Waals surface area contributed by atoms with Gasteiger partial charge in [0.1, 0.15) is 0 Å². The average Bonchev–Trinajstić information content (AvgIpc) is 2.40. The number of alkyl halides is 2. The molecule has 1 aliphatic heterocycles. The molecule has 1 rings (SSSR count). The number of rotatable bonds is 4. The van der Waals surface area contributed by atoms with E-state index in [2.05, 4.69) is 15.6 Å². The van der Waals surface area contributed by atoms with Crippen LogP contribution < -0.4 is 10.6 Å². The molecule has 0 unspecified atom stereocenters. The zero-order chi connectivity index (χ0) is 14.5. The molecule has 0 aliphatic carbocycles. The first-order valence-corrected chi connectivity index (χ1v) is 7.57. The molecular formula is C10H20F2N4O2S. The van der Waals surface area contributed by atoms with E-state index in [0.717, 1.165) is 4.31 Å². The first-order chi connectivity index (χ1) is 8.91. The number of halogens is 2. The summed E-state index contributed by atoms with van der Waals surface area (Å²) in [5, 5.41) is 5.96. The number of nitrogens with one attached hydrogen (secondary N) is 2. The van der Waals surface area contributed by atoms with Crippen molar-refractivity contribution in [3.8, 4) is 0 Å². The van der Waals surface area contributed by atoms with Crippen LogP contribution in [0.15, 0.2) is 4.99 Å². The lowest BCUT2D eigenvalue weighted by Crippen LogP contribution is -2.44. The maximum Gasteiger partial charge on any atom is 0.350 e. The van der Waals surface area contributed by atoms with Crippen molar-refractivity contribution in [2.45, 2.75) is 18.6 Å². The Labute approximate surface area is 112 Å². The van der Waals surface area contributed by atoms with Crippen LogP contribution in [-0.4, -0.2) is 58.2 Å². The van der Waals surface area contributed by atoms with E-state index in [-0.39, 0.29) is 19.0 Å². The average molecular weight is 298 g/mol. The largest absolute Gasteiger partial charge is 0.359 e. The third-order valence-electron chi connectivity index (χ3n) is 3.18. The second kappa shape index (κ2) is 6.99. The van der Waals surface area contributed by atoms with Crippen molar-refractivity contribution < 1.29 is 17.2 Å². The minimum Gasteiger partial charge on any atom is -0.359 e. The van der Waals surface area contributed by atoms with E-state index in [0.29, 0.717) is 25.3 Å². The molecule has 0 radical (unpaired) electrons. The molecule has 0 saturated carbocycles. The van der Waals surface area contributed by atoms with E-state index in [1.54, 1.807) is 14.1 Å². The fourth-order valence-corrected chi connectivity index (χ4v) is 2.95. The van der Waals surface area contributed by atoms with Gasteiger partial charge in [-0.3, -0.25) is 4.99 Å². The van der Waals surface area contributed by atoms with Crippen LogP contribution in [0.2, 0.25) is 0 Å². The number of hydrogen-bond acceptors (Lipinski definition) is 3. The molecule has 0 atom stereocenters. The molecule has 2 N–H and O–H groups in total. The van der Waals surface area contributed by atoms with E-state index in [1.807, 2.05) is 0 Å². The van der Waals surface area contributed by atoms with Gasteiger partial charge in [-0.1, -0.05) is 0 Å². The van der Waals surface area contributed by atoms with E-state index in [1.165, 1.54) is 0 Å². The van der Waals surface area contributed by atoms with Crippen LogP contribution in [0.4, 0.5) is 8.78 Å². The zero-order valence-electron chi connectivity index (χ0n) is 11.1. The molecule has 0 amide bonds. The summed E-state index contributed by atoms with van der Waals surface area (Å²) in [6, 6.07) is 0. The summed E-state index contributed by atoms with van der Waals surface area (Å²) in [7, 11) is -1.03. The Bertz CT molecular complexity index is 406. The topological polar surface area (TPSA) is 73.8 Å². The summed E-state index contributed by atoms with van der Waals surface area (Å²) in [6.45, 7) is 0.949. The van der Waals surface area contributed by atoms with Crippen LogP contribution in [0.5, 0.6) is 0 Å². The second-order valence-electron chi connectivity index (χ2n) is 4.35. The van der Waals surface area contributed by atoms with Gasteiger partial charge in [0.25, 0.3) is 10.0 Å². The normalized spacial score (nSPS) is 19.7. The van der Waals surface area contributed by atoms with Gasteiger partial charge in [-0.15, -0.1) is 0 Å². The van der Waals surface area contributed by atoms with Crippen molar-refractivity contribution in [3.05, 3.63) is 0 Å². The smallest absolute Gasteiger partial charge is 0.350 e. The number of aliphatic imine (C=N–C) groups is 1. The van der Waals surface area contributed by atoms with Crippen molar-refractivity contribution in [2.75, 3.05) is 33.7 Å². The lowest BCUT2D eigenvalue weighted by atomic mass is 9.98. The molecular weight excluding hydrogens is 278 g/mol. The zero-order valence-corrected chi connectivity index (χ0v) is 11.9. The minimum atomic E-state index is -4.42. The Morgan fingerprint density at radius 3 is 2.42 bits per heavy atom. The van der Waals surface area contributed by atoms with Gasteiger partial charge in [-0.05, 0) is 18.8 Å². The Balaban J connectivity index is 2.42. The summed E-state index contributed by atoms with van der Waals surface area (Å²) in [5.41, 5.74) is 0. The molecule has 1 heterocycles. The third-order valence-corrected chi connectivity index (χ3v) is 4.71. The van der Waals surface area contributed by atoms with Crippen molar-refractivity contribution in [3.63, 3.8) is 0 Å². The van der Waals surface area contributed by atoms with E-state index in [9.17, 15) is 17.2 Å². The Hall–Kier alpha value is -0.960. The van der Waals surface area contributed by atoms with Gasteiger partial charge in [0, 0.05) is 33.7 Å². The van der Waals surface area contributed by atoms with Gasteiger partial charge < -0.3 is 10.6 Å². The minimum absolute atomic E-state index is 0.150. The highest BCUT2D eigenvalue weighted by Crippen LogP contribution is 2.21. The highest BCUT2D eigenvalue weighted by atomic mass is 32.2. The molecule has 1 aliphatic rings. The number of hydrogen-bond donors (Lipinski definition) is 2. The number of sulfonamides is 1. The predicted molar refractivity (Wildman–Crippen MR) is 69.6 cm³/mol. The number of nitrogens with zero attached hydrogens (tertiary/aromatic N) is 2. The van der Waals surface area contributed by atoms with Crippen molar-refractivity contribution in [1.82, 2.24) is 14.9 Å². The van der Waals surface area contributed by atoms with Gasteiger partial charge in [-0.25, -0.2) is 8.42 Å². The SMILES string of the molecule is CN=C(NC)NCC1CCN(S(=O)(=O)C(F)F)CC1. The Morgan fingerprint density at radius 2 is 2.00 bits per heavy atom. The Morgan fingerprint density at radius 1 is 1.42 bits per heavy atom. The molecule has 0 bridgehead atoms. The van der Waals surface area contributed by atoms with E-state index >= 15 is 0 Å². The van der Waals surface area contributed by atoms with Crippen LogP contribution in [0.3, 0.4) is 0 Å². The van der Waals surface area contributed by atoms with Crippen LogP contribution in [0, 0.1) is 5.92 Å². The van der Waals surface area contributed by atoms with Crippen molar-refractivity contribution in [1.29, 1.82) is 0 Å². The number of guanidine groups is 1. The molecule has 19 heavy (non-hydrogen) atoms. The maximum absolute atomic E-state index is 12.4. The summed E-state index contributed by atoms with van der Waals surface area (Å²) >= 11 is 0. The summed E-state index contributed by atoms with van der Waals surface area (Å²) in [5.74, 6) is -2.41. The monoisotopic (exact) mass is 298 g/mol. The molecule has 0 spiro atoms. The summed E-state index contributed by atoms with van der Waals surface area (Å²) in [6.07, 6.45) is 1.14. The molecule has 0 aromatic carbocycles. The van der Waals surface area contributed by atoms with Crippen molar-refractivity contribution >= 4 is 16.0 Å². The molecule has 112 valence electrons. The fraction of sp³-hybridized carbons (Fsp3) is 0.900. The van der Waals surface area contributed by atoms with Crippen LogP contribution in [-0.2, 0) is 10.0 Å². The quantitative estimate of drug-likeness (QED) is 0.568. The summed E-state index contributed by atoms with van der Waals surface area (Å²) in [4.78, 5) is 3.96. The fourth-order valence-electron chi connectivity index (χ4n) is 2.00. The molecule has 0 aromatic rings. The first kappa shape index (κ1) is 16.1. The second-order valence-corrected chi connectivity index (χ2v) is 6.25. The highest BCUT2D eigenvalue weighted by molar-refractivity contribution is 7.89. The standard InChI is InChI=1S/C10H20F2N4O2S/c1-13-10(14-2)15-7-8-3-5-16(6-4-8)19(17,18)9(11)12/h8-9H,3-7H2,1-2H3,(H2,13,14,15). The van der Waals surface area contributed by atoms with E-state index in [4.69, 9.17) is 0 Å². The molecule has 9 heteroatoms. The van der Waals surface area contributed by atoms with E-state index < -0.39 is 15.8 Å². The lowest BCUT2D eigenvalue weighted by molar-refractivity contribution is 0.204. The Kier molecular flexibility index (Phi) is 5.92.